The Morgan fingerprint density at radius 3 is 2.56 bits per heavy atom. The van der Waals surface area contributed by atoms with Crippen LogP contribution in [-0.4, -0.2) is 39.1 Å². The van der Waals surface area contributed by atoms with E-state index in [4.69, 9.17) is 0 Å². The molecule has 1 aliphatic carbocycles. The predicted octanol–water partition coefficient (Wildman–Crippen LogP) is 5.79. The van der Waals surface area contributed by atoms with Gasteiger partial charge in [0.15, 0.2) is 0 Å². The van der Waals surface area contributed by atoms with Gasteiger partial charge in [-0.05, 0) is 48.8 Å². The Kier molecular flexibility index (Phi) is 5.43. The first-order chi connectivity index (χ1) is 15.4. The summed E-state index contributed by atoms with van der Waals surface area (Å²) in [4.78, 5) is 19.8. The van der Waals surface area contributed by atoms with E-state index in [-0.39, 0.29) is 17.5 Å². The van der Waals surface area contributed by atoms with E-state index in [1.54, 1.807) is 18.2 Å². The number of hydrogen-bond acceptors (Lipinski definition) is 2. The number of alkyl halides is 3. The lowest BCUT2D eigenvalue weighted by atomic mass is 9.69. The number of carbonyl (C=O) groups excluding carboxylic acids is 1. The van der Waals surface area contributed by atoms with E-state index < -0.39 is 12.7 Å². The minimum Gasteiger partial charge on any atom is -0.335 e. The van der Waals surface area contributed by atoms with Crippen LogP contribution in [0.15, 0.2) is 54.9 Å². The zero-order chi connectivity index (χ0) is 22.3. The summed E-state index contributed by atoms with van der Waals surface area (Å²) >= 11 is 0. The molecule has 2 aromatic carbocycles. The average Bonchev–Trinajstić information content (AvgIpc) is 3.20. The van der Waals surface area contributed by atoms with Gasteiger partial charge in [-0.15, -0.1) is 0 Å². The van der Waals surface area contributed by atoms with Crippen LogP contribution in [0.25, 0.3) is 11.0 Å². The maximum atomic E-state index is 13.7. The Morgan fingerprint density at radius 1 is 1.00 bits per heavy atom. The summed E-state index contributed by atoms with van der Waals surface area (Å²) in [5.74, 6) is 0.614. The van der Waals surface area contributed by atoms with Gasteiger partial charge in [-0.25, -0.2) is 4.98 Å². The summed E-state index contributed by atoms with van der Waals surface area (Å²) < 4.78 is 40.4. The van der Waals surface area contributed by atoms with Crippen molar-refractivity contribution in [1.82, 2.24) is 14.5 Å². The molecule has 4 nitrogen and oxygen atoms in total. The van der Waals surface area contributed by atoms with Gasteiger partial charge in [-0.2, -0.15) is 13.2 Å². The summed E-state index contributed by atoms with van der Waals surface area (Å²) in [7, 11) is 0. The number of aromatic nitrogens is 2. The van der Waals surface area contributed by atoms with Crippen molar-refractivity contribution in [2.45, 2.75) is 56.8 Å². The molecule has 1 aliphatic heterocycles. The second kappa shape index (κ2) is 8.26. The maximum absolute atomic E-state index is 13.7. The molecule has 5 rings (SSSR count). The van der Waals surface area contributed by atoms with E-state index in [2.05, 4.69) is 29.2 Å². The van der Waals surface area contributed by atoms with Crippen molar-refractivity contribution in [1.29, 1.82) is 0 Å². The number of amides is 1. The smallest absolute Gasteiger partial charge is 0.335 e. The van der Waals surface area contributed by atoms with Crippen LogP contribution in [0.5, 0.6) is 0 Å². The zero-order valence-corrected chi connectivity index (χ0v) is 17.8. The highest BCUT2D eigenvalue weighted by atomic mass is 19.4. The van der Waals surface area contributed by atoms with E-state index in [0.717, 1.165) is 36.7 Å². The average molecular weight is 441 g/mol. The van der Waals surface area contributed by atoms with Gasteiger partial charge in [-0.3, -0.25) is 4.79 Å². The zero-order valence-electron chi connectivity index (χ0n) is 17.8. The minimum absolute atomic E-state index is 0.115. The lowest BCUT2D eigenvalue weighted by molar-refractivity contribution is -0.140. The Balaban J connectivity index is 1.48. The van der Waals surface area contributed by atoms with Crippen LogP contribution >= 0.6 is 0 Å². The number of imidazole rings is 1. The molecule has 2 fully saturated rings. The van der Waals surface area contributed by atoms with Crippen LogP contribution in [0, 0.1) is 5.92 Å². The van der Waals surface area contributed by atoms with Gasteiger partial charge >= 0.3 is 6.18 Å². The number of rotatable bonds is 3. The van der Waals surface area contributed by atoms with Crippen LogP contribution in [-0.2, 0) is 6.54 Å². The van der Waals surface area contributed by atoms with Crippen molar-refractivity contribution in [2.24, 2.45) is 5.92 Å². The molecule has 3 aromatic rings. The van der Waals surface area contributed by atoms with Gasteiger partial charge < -0.3 is 9.47 Å². The Morgan fingerprint density at radius 2 is 1.78 bits per heavy atom. The molecule has 168 valence electrons. The fourth-order valence-corrected chi connectivity index (χ4v) is 5.79. The van der Waals surface area contributed by atoms with E-state index in [9.17, 15) is 18.0 Å². The number of fused-ring (bicyclic) bond motifs is 2. The quantitative estimate of drug-likeness (QED) is 0.516. The van der Waals surface area contributed by atoms with Gasteiger partial charge in [0, 0.05) is 12.6 Å². The van der Waals surface area contributed by atoms with Crippen LogP contribution in [0.3, 0.4) is 0 Å². The Bertz CT molecular complexity index is 1110. The molecule has 2 aliphatic rings. The summed E-state index contributed by atoms with van der Waals surface area (Å²) in [6.45, 7) is -0.542. The number of nitrogens with zero attached hydrogens (tertiary/aromatic N) is 3. The number of likely N-dealkylation sites (tertiary alicyclic amines) is 1. The molecule has 0 bridgehead atoms. The second-order valence-corrected chi connectivity index (χ2v) is 8.98. The Labute approximate surface area is 185 Å². The fraction of sp³-hybridized carbons (Fsp3) is 0.440. The highest BCUT2D eigenvalue weighted by Crippen LogP contribution is 2.44. The largest absolute Gasteiger partial charge is 0.406 e. The molecule has 0 radical (unpaired) electrons. The third-order valence-corrected chi connectivity index (χ3v) is 7.09. The first-order valence-electron chi connectivity index (χ1n) is 11.3. The molecule has 32 heavy (non-hydrogen) atoms. The minimum atomic E-state index is -4.38. The molecule has 1 saturated carbocycles. The van der Waals surface area contributed by atoms with E-state index >= 15 is 0 Å². The van der Waals surface area contributed by atoms with Crippen molar-refractivity contribution < 1.29 is 18.0 Å². The lowest BCUT2D eigenvalue weighted by Crippen LogP contribution is -2.52. The van der Waals surface area contributed by atoms with Crippen molar-refractivity contribution >= 4 is 16.9 Å². The predicted molar refractivity (Wildman–Crippen MR) is 116 cm³/mol. The molecule has 2 heterocycles. The van der Waals surface area contributed by atoms with Gasteiger partial charge in [0.25, 0.3) is 5.91 Å². The highest BCUT2D eigenvalue weighted by molar-refractivity contribution is 6.05. The van der Waals surface area contributed by atoms with Gasteiger partial charge in [0.1, 0.15) is 6.54 Å². The van der Waals surface area contributed by atoms with Crippen LogP contribution in [0.1, 0.15) is 53.9 Å². The number of piperidine rings is 1. The van der Waals surface area contributed by atoms with E-state index in [0.29, 0.717) is 29.5 Å². The molecule has 1 aromatic heterocycles. The maximum Gasteiger partial charge on any atom is 0.406 e. The molecule has 3 unspecified atom stereocenters. The van der Waals surface area contributed by atoms with E-state index in [1.807, 2.05) is 11.0 Å². The lowest BCUT2D eigenvalue weighted by Gasteiger charge is -2.48. The first-order valence-corrected chi connectivity index (χ1v) is 11.3. The fourth-order valence-electron chi connectivity index (χ4n) is 5.79. The molecule has 0 spiro atoms. The molecular formula is C25H26F3N3O. The molecule has 7 heteroatoms. The SMILES string of the molecule is O=C(c1cccc2ncn(CC(F)(F)F)c12)N1CCC(c2ccccc2)C2CCCCC21. The molecular weight excluding hydrogens is 415 g/mol. The van der Waals surface area contributed by atoms with Crippen LogP contribution in [0.4, 0.5) is 13.2 Å². The van der Waals surface area contributed by atoms with Crippen LogP contribution in [0.2, 0.25) is 0 Å². The van der Waals surface area contributed by atoms with Gasteiger partial charge in [-0.1, -0.05) is 49.2 Å². The van der Waals surface area contributed by atoms with Crippen molar-refractivity contribution in [3.63, 3.8) is 0 Å². The normalized spacial score (nSPS) is 23.8. The summed E-state index contributed by atoms with van der Waals surface area (Å²) in [5.41, 5.74) is 2.32. The number of hydrogen-bond donors (Lipinski definition) is 0. The summed E-state index contributed by atoms with van der Waals surface area (Å²) in [6, 6.07) is 15.6. The number of halogens is 3. The topological polar surface area (TPSA) is 38.1 Å². The molecule has 1 saturated heterocycles. The number of carbonyl (C=O) groups is 1. The van der Waals surface area contributed by atoms with E-state index in [1.165, 1.54) is 11.9 Å². The third kappa shape index (κ3) is 3.89. The monoisotopic (exact) mass is 441 g/mol. The number of benzene rings is 2. The van der Waals surface area contributed by atoms with Crippen molar-refractivity contribution in [2.75, 3.05) is 6.54 Å². The summed E-state index contributed by atoms with van der Waals surface area (Å²) in [5, 5.41) is 0. The standard InChI is InChI=1S/C25H26F3N3O/c26-25(27,28)15-30-16-29-21-11-6-10-20(23(21)30)24(32)31-14-13-18(17-7-2-1-3-8-17)19-9-4-5-12-22(19)31/h1-3,6-8,10-11,16,18-19,22H,4-5,9,12-15H2. The third-order valence-electron chi connectivity index (χ3n) is 7.09. The first kappa shape index (κ1) is 21.0. The second-order valence-electron chi connectivity index (χ2n) is 8.98. The highest BCUT2D eigenvalue weighted by Gasteiger charge is 2.42. The molecule has 3 atom stereocenters. The summed E-state index contributed by atoms with van der Waals surface area (Å²) in [6.07, 6.45) is 1.91. The Hall–Kier alpha value is -2.83. The van der Waals surface area contributed by atoms with Crippen molar-refractivity contribution in [3.05, 3.63) is 66.0 Å². The van der Waals surface area contributed by atoms with Gasteiger partial charge in [0.05, 0.1) is 22.9 Å². The van der Waals surface area contributed by atoms with Crippen LogP contribution < -0.4 is 0 Å². The number of para-hydroxylation sites is 1. The molecule has 1 amide bonds. The molecule has 0 N–H and O–H groups in total. The van der Waals surface area contributed by atoms with Gasteiger partial charge in [0.2, 0.25) is 0 Å². The van der Waals surface area contributed by atoms with Crippen molar-refractivity contribution in [3.8, 4) is 0 Å².